The molecule has 0 unspecified atom stereocenters. The molecule has 94 valence electrons. The van der Waals surface area contributed by atoms with Crippen LogP contribution >= 0.6 is 0 Å². The summed E-state index contributed by atoms with van der Waals surface area (Å²) in [6.45, 7) is 3.55. The third kappa shape index (κ3) is 2.28. The summed E-state index contributed by atoms with van der Waals surface area (Å²) in [5, 5.41) is 7.88. The number of benzene rings is 1. The summed E-state index contributed by atoms with van der Waals surface area (Å²) < 4.78 is 0. The molecular formula is C14H17N3O. The molecular weight excluding hydrogens is 226 g/mol. The first-order valence-corrected chi connectivity index (χ1v) is 6.45. The van der Waals surface area contributed by atoms with E-state index in [4.69, 9.17) is 0 Å². The van der Waals surface area contributed by atoms with Crippen LogP contribution in [0.25, 0.3) is 0 Å². The minimum Gasteiger partial charge on any atom is -0.338 e. The number of nitrogens with zero attached hydrogens (tertiary/aromatic N) is 3. The molecule has 0 aromatic heterocycles. The van der Waals surface area contributed by atoms with Crippen molar-refractivity contribution in [2.75, 3.05) is 6.54 Å². The van der Waals surface area contributed by atoms with Crippen LogP contribution in [-0.4, -0.2) is 23.0 Å². The lowest BCUT2D eigenvalue weighted by atomic mass is 9.99. The van der Waals surface area contributed by atoms with Crippen LogP contribution < -0.4 is 0 Å². The second kappa shape index (κ2) is 4.19. The fourth-order valence-corrected chi connectivity index (χ4v) is 2.40. The minimum atomic E-state index is -0.261. The van der Waals surface area contributed by atoms with Gasteiger partial charge in [-0.3, -0.25) is 4.79 Å². The van der Waals surface area contributed by atoms with Gasteiger partial charge in [-0.1, -0.05) is 24.3 Å². The summed E-state index contributed by atoms with van der Waals surface area (Å²) in [4.78, 5) is 14.1. The lowest BCUT2D eigenvalue weighted by Gasteiger charge is -2.29. The van der Waals surface area contributed by atoms with Gasteiger partial charge < -0.3 is 4.90 Å². The fourth-order valence-electron chi connectivity index (χ4n) is 2.40. The molecule has 18 heavy (non-hydrogen) atoms. The molecule has 2 heterocycles. The van der Waals surface area contributed by atoms with Crippen molar-refractivity contribution in [1.29, 1.82) is 0 Å². The van der Waals surface area contributed by atoms with E-state index in [1.165, 1.54) is 11.1 Å². The van der Waals surface area contributed by atoms with Gasteiger partial charge in [0.05, 0.1) is 0 Å². The third-order valence-corrected chi connectivity index (χ3v) is 3.74. The highest BCUT2D eigenvalue weighted by atomic mass is 16.2. The number of amides is 1. The number of carbonyl (C=O) groups is 1. The molecule has 1 aromatic rings. The Kier molecular flexibility index (Phi) is 2.65. The summed E-state index contributed by atoms with van der Waals surface area (Å²) in [6.07, 6.45) is 2.25. The van der Waals surface area contributed by atoms with Gasteiger partial charge in [-0.15, -0.1) is 0 Å². The third-order valence-electron chi connectivity index (χ3n) is 3.74. The molecule has 0 bridgehead atoms. The van der Waals surface area contributed by atoms with Crippen LogP contribution in [0.1, 0.15) is 30.9 Å². The average molecular weight is 243 g/mol. The average Bonchev–Trinajstić information content (AvgIpc) is 3.14. The summed E-state index contributed by atoms with van der Waals surface area (Å²) in [6, 6.07) is 8.37. The second-order valence-corrected chi connectivity index (χ2v) is 5.25. The van der Waals surface area contributed by atoms with Crippen molar-refractivity contribution in [3.05, 3.63) is 35.4 Å². The number of rotatable bonds is 3. The van der Waals surface area contributed by atoms with Gasteiger partial charge in [0.1, 0.15) is 0 Å². The van der Waals surface area contributed by atoms with Gasteiger partial charge in [-0.2, -0.15) is 10.2 Å². The van der Waals surface area contributed by atoms with E-state index in [0.29, 0.717) is 6.42 Å². The van der Waals surface area contributed by atoms with Crippen LogP contribution in [0.5, 0.6) is 0 Å². The Labute approximate surface area is 107 Å². The number of carbonyl (C=O) groups excluding carboxylic acids is 1. The molecule has 2 aliphatic rings. The van der Waals surface area contributed by atoms with E-state index in [2.05, 4.69) is 28.4 Å². The predicted molar refractivity (Wildman–Crippen MR) is 68.1 cm³/mol. The van der Waals surface area contributed by atoms with Gasteiger partial charge >= 0.3 is 0 Å². The predicted octanol–water partition coefficient (Wildman–Crippen LogP) is 2.53. The molecule has 0 atom stereocenters. The van der Waals surface area contributed by atoms with Gasteiger partial charge in [0, 0.05) is 25.9 Å². The summed E-state index contributed by atoms with van der Waals surface area (Å²) in [5.41, 5.74) is 2.40. The molecule has 0 N–H and O–H groups in total. The maximum absolute atomic E-state index is 12.1. The Bertz CT molecular complexity index is 504. The van der Waals surface area contributed by atoms with Crippen molar-refractivity contribution < 1.29 is 4.79 Å². The summed E-state index contributed by atoms with van der Waals surface area (Å²) >= 11 is 0. The zero-order chi connectivity index (χ0) is 12.6. The molecule has 2 aliphatic heterocycles. The zero-order valence-electron chi connectivity index (χ0n) is 10.6. The van der Waals surface area contributed by atoms with Gasteiger partial charge in [0.15, 0.2) is 5.66 Å². The topological polar surface area (TPSA) is 45.0 Å². The molecule has 0 aliphatic carbocycles. The number of fused-ring (bicyclic) bond motifs is 1. The maximum Gasteiger partial charge on any atom is 0.223 e. The zero-order valence-corrected chi connectivity index (χ0v) is 10.6. The van der Waals surface area contributed by atoms with Crippen molar-refractivity contribution >= 4 is 5.91 Å². The van der Waals surface area contributed by atoms with E-state index in [0.717, 1.165) is 25.9 Å². The molecule has 0 fully saturated rings. The van der Waals surface area contributed by atoms with E-state index in [1.54, 1.807) is 0 Å². The Morgan fingerprint density at radius 3 is 2.78 bits per heavy atom. The summed E-state index contributed by atoms with van der Waals surface area (Å²) in [7, 11) is 0. The molecule has 0 spiro atoms. The van der Waals surface area contributed by atoms with E-state index in [1.807, 2.05) is 17.9 Å². The SMILES string of the molecule is CC1(CCC(=O)N2CCc3ccccc3C2)N=N1. The Balaban J connectivity index is 1.59. The molecule has 0 radical (unpaired) electrons. The number of hydrogen-bond acceptors (Lipinski definition) is 3. The van der Waals surface area contributed by atoms with Crippen molar-refractivity contribution in [1.82, 2.24) is 4.90 Å². The van der Waals surface area contributed by atoms with Gasteiger partial charge in [0.2, 0.25) is 5.91 Å². The second-order valence-electron chi connectivity index (χ2n) is 5.25. The van der Waals surface area contributed by atoms with E-state index < -0.39 is 0 Å². The molecule has 0 saturated carbocycles. The Morgan fingerprint density at radius 2 is 2.06 bits per heavy atom. The van der Waals surface area contributed by atoms with Gasteiger partial charge in [-0.25, -0.2) is 0 Å². The van der Waals surface area contributed by atoms with Crippen LogP contribution in [-0.2, 0) is 17.8 Å². The van der Waals surface area contributed by atoms with E-state index in [9.17, 15) is 4.79 Å². The molecule has 1 amide bonds. The Hall–Kier alpha value is -1.71. The van der Waals surface area contributed by atoms with Gasteiger partial charge in [0.25, 0.3) is 0 Å². The first kappa shape index (κ1) is 11.4. The lowest BCUT2D eigenvalue weighted by molar-refractivity contribution is -0.132. The highest BCUT2D eigenvalue weighted by Gasteiger charge is 2.34. The monoisotopic (exact) mass is 243 g/mol. The molecule has 4 nitrogen and oxygen atoms in total. The highest BCUT2D eigenvalue weighted by molar-refractivity contribution is 5.76. The largest absolute Gasteiger partial charge is 0.338 e. The standard InChI is InChI=1S/C14H17N3O/c1-14(15-16-14)8-6-13(18)17-9-7-11-4-2-3-5-12(11)10-17/h2-5H,6-10H2,1H3. The van der Waals surface area contributed by atoms with Crippen molar-refractivity contribution in [3.63, 3.8) is 0 Å². The van der Waals surface area contributed by atoms with Gasteiger partial charge in [-0.05, 0) is 24.5 Å². The highest BCUT2D eigenvalue weighted by Crippen LogP contribution is 2.32. The quantitative estimate of drug-likeness (QED) is 0.804. The maximum atomic E-state index is 12.1. The van der Waals surface area contributed by atoms with Crippen LogP contribution in [0, 0.1) is 0 Å². The molecule has 1 aromatic carbocycles. The van der Waals surface area contributed by atoms with Crippen LogP contribution in [0.4, 0.5) is 0 Å². The van der Waals surface area contributed by atoms with Crippen molar-refractivity contribution in [3.8, 4) is 0 Å². The summed E-state index contributed by atoms with van der Waals surface area (Å²) in [5.74, 6) is 0.225. The lowest BCUT2D eigenvalue weighted by Crippen LogP contribution is -2.36. The molecule has 4 heteroatoms. The van der Waals surface area contributed by atoms with E-state index >= 15 is 0 Å². The van der Waals surface area contributed by atoms with Crippen LogP contribution in [0.2, 0.25) is 0 Å². The van der Waals surface area contributed by atoms with Crippen molar-refractivity contribution in [2.24, 2.45) is 10.2 Å². The first-order valence-electron chi connectivity index (χ1n) is 6.45. The van der Waals surface area contributed by atoms with Crippen LogP contribution in [0.3, 0.4) is 0 Å². The smallest absolute Gasteiger partial charge is 0.223 e. The molecule has 0 saturated heterocycles. The normalized spacial score (nSPS) is 19.5. The van der Waals surface area contributed by atoms with E-state index in [-0.39, 0.29) is 11.6 Å². The first-order chi connectivity index (χ1) is 8.66. The fraction of sp³-hybridized carbons (Fsp3) is 0.500. The van der Waals surface area contributed by atoms with Crippen LogP contribution in [0.15, 0.2) is 34.5 Å². The Morgan fingerprint density at radius 1 is 1.33 bits per heavy atom. The minimum absolute atomic E-state index is 0.225. The molecule has 3 rings (SSSR count). The van der Waals surface area contributed by atoms with Crippen molar-refractivity contribution in [2.45, 2.75) is 38.4 Å². The number of hydrogen-bond donors (Lipinski definition) is 0.